The van der Waals surface area contributed by atoms with E-state index in [0.29, 0.717) is 18.2 Å². The Bertz CT molecular complexity index is 467. The summed E-state index contributed by atoms with van der Waals surface area (Å²) in [4.78, 5) is 8.70. The lowest BCUT2D eigenvalue weighted by Crippen LogP contribution is -2.21. The lowest BCUT2D eigenvalue weighted by atomic mass is 9.89. The molecule has 3 rings (SSSR count). The average Bonchev–Trinajstić information content (AvgIpc) is 3.07. The first-order valence-corrected chi connectivity index (χ1v) is 7.36. The Morgan fingerprint density at radius 2 is 2.15 bits per heavy atom. The highest BCUT2D eigenvalue weighted by Crippen LogP contribution is 2.48. The molecule has 1 aromatic heterocycles. The molecular weight excluding hydrogens is 254 g/mol. The number of nitrogens with zero attached hydrogens (tertiary/aromatic N) is 2. The summed E-state index contributed by atoms with van der Waals surface area (Å²) in [6.07, 6.45) is 5.65. The van der Waals surface area contributed by atoms with E-state index < -0.39 is 0 Å². The molecule has 0 aliphatic heterocycles. The van der Waals surface area contributed by atoms with Gasteiger partial charge in [0.1, 0.15) is 18.2 Å². The van der Waals surface area contributed by atoms with Crippen LogP contribution in [0.25, 0.3) is 0 Å². The maximum absolute atomic E-state index is 5.44. The summed E-state index contributed by atoms with van der Waals surface area (Å²) in [7, 11) is 1.63. The molecule has 6 heteroatoms. The third kappa shape index (κ3) is 2.86. The molecule has 0 aromatic carbocycles. The van der Waals surface area contributed by atoms with Crippen LogP contribution < -0.4 is 16.6 Å². The molecule has 0 saturated heterocycles. The first kappa shape index (κ1) is 13.6. The molecule has 1 aromatic rings. The van der Waals surface area contributed by atoms with Crippen molar-refractivity contribution >= 4 is 11.6 Å². The number of nitrogens with one attached hydrogen (secondary N) is 2. The molecule has 3 unspecified atom stereocenters. The van der Waals surface area contributed by atoms with E-state index in [9.17, 15) is 0 Å². The van der Waals surface area contributed by atoms with E-state index >= 15 is 0 Å². The van der Waals surface area contributed by atoms with E-state index in [1.54, 1.807) is 7.11 Å². The minimum Gasteiger partial charge on any atom is -0.377 e. The van der Waals surface area contributed by atoms with Crippen molar-refractivity contribution in [3.05, 3.63) is 11.9 Å². The van der Waals surface area contributed by atoms with Crippen LogP contribution in [0.15, 0.2) is 6.07 Å². The molecular formula is C14H23N5O. The first-order valence-electron chi connectivity index (χ1n) is 7.36. The number of hydrogen-bond acceptors (Lipinski definition) is 6. The van der Waals surface area contributed by atoms with Crippen LogP contribution in [-0.2, 0) is 11.3 Å². The van der Waals surface area contributed by atoms with E-state index in [1.807, 2.05) is 6.07 Å². The topological polar surface area (TPSA) is 85.1 Å². The van der Waals surface area contributed by atoms with Gasteiger partial charge in [-0.2, -0.15) is 0 Å². The van der Waals surface area contributed by atoms with Crippen molar-refractivity contribution in [2.75, 3.05) is 24.4 Å². The second kappa shape index (κ2) is 5.93. The maximum Gasteiger partial charge on any atom is 0.158 e. The van der Waals surface area contributed by atoms with Crippen LogP contribution in [0.3, 0.4) is 0 Å². The Morgan fingerprint density at radius 1 is 1.30 bits per heavy atom. The van der Waals surface area contributed by atoms with Gasteiger partial charge in [0.2, 0.25) is 0 Å². The zero-order valence-electron chi connectivity index (χ0n) is 11.9. The molecule has 2 fully saturated rings. The van der Waals surface area contributed by atoms with Gasteiger partial charge in [0.05, 0.1) is 0 Å². The van der Waals surface area contributed by atoms with Crippen LogP contribution in [0.5, 0.6) is 0 Å². The fourth-order valence-electron chi connectivity index (χ4n) is 3.72. The second-order valence-electron chi connectivity index (χ2n) is 5.95. The van der Waals surface area contributed by atoms with E-state index in [1.165, 1.54) is 25.7 Å². The van der Waals surface area contributed by atoms with Gasteiger partial charge >= 0.3 is 0 Å². The first-order chi connectivity index (χ1) is 9.78. The Balaban J connectivity index is 1.62. The molecule has 0 radical (unpaired) electrons. The number of rotatable bonds is 6. The number of anilines is 2. The van der Waals surface area contributed by atoms with Crippen molar-refractivity contribution in [1.29, 1.82) is 0 Å². The fraction of sp³-hybridized carbons (Fsp3) is 0.714. The molecule has 2 bridgehead atoms. The highest BCUT2D eigenvalue weighted by molar-refractivity contribution is 5.46. The molecule has 1 heterocycles. The number of hydrogen-bond donors (Lipinski definition) is 3. The van der Waals surface area contributed by atoms with Gasteiger partial charge in [0, 0.05) is 19.7 Å². The van der Waals surface area contributed by atoms with Crippen molar-refractivity contribution in [2.45, 2.75) is 32.3 Å². The number of aromatic nitrogens is 2. The van der Waals surface area contributed by atoms with Crippen LogP contribution in [0.1, 0.15) is 31.5 Å². The molecule has 4 N–H and O–H groups in total. The Hall–Kier alpha value is -1.40. The number of nitrogens with two attached hydrogens (primary N) is 1. The lowest BCUT2D eigenvalue weighted by Gasteiger charge is -2.22. The largest absolute Gasteiger partial charge is 0.377 e. The van der Waals surface area contributed by atoms with Gasteiger partial charge in [-0.15, -0.1) is 0 Å². The summed E-state index contributed by atoms with van der Waals surface area (Å²) in [5, 5.41) is 3.44. The summed E-state index contributed by atoms with van der Waals surface area (Å²) in [6, 6.07) is 1.84. The number of hydrazine groups is 1. The van der Waals surface area contributed by atoms with Crippen molar-refractivity contribution < 1.29 is 4.74 Å². The molecule has 2 aliphatic rings. The van der Waals surface area contributed by atoms with E-state index in [4.69, 9.17) is 10.6 Å². The van der Waals surface area contributed by atoms with Gasteiger partial charge in [-0.05, 0) is 37.0 Å². The maximum atomic E-state index is 5.44. The lowest BCUT2D eigenvalue weighted by molar-refractivity contribution is 0.178. The van der Waals surface area contributed by atoms with Gasteiger partial charge in [-0.1, -0.05) is 6.42 Å². The van der Waals surface area contributed by atoms with Crippen LogP contribution in [0, 0.1) is 17.8 Å². The number of methoxy groups -OCH3 is 1. The van der Waals surface area contributed by atoms with Gasteiger partial charge < -0.3 is 15.5 Å². The van der Waals surface area contributed by atoms with Crippen molar-refractivity contribution in [1.82, 2.24) is 9.97 Å². The quantitative estimate of drug-likeness (QED) is 0.542. The molecule has 3 atom stereocenters. The fourth-order valence-corrected chi connectivity index (χ4v) is 3.72. The minimum absolute atomic E-state index is 0.387. The molecule has 110 valence electrons. The summed E-state index contributed by atoms with van der Waals surface area (Å²) < 4.78 is 5.08. The van der Waals surface area contributed by atoms with E-state index in [-0.39, 0.29) is 0 Å². The molecule has 6 nitrogen and oxygen atoms in total. The zero-order chi connectivity index (χ0) is 13.9. The molecule has 2 aliphatic carbocycles. The predicted molar refractivity (Wildman–Crippen MR) is 78.0 cm³/mol. The molecule has 20 heavy (non-hydrogen) atoms. The van der Waals surface area contributed by atoms with E-state index in [0.717, 1.165) is 30.1 Å². The molecule has 0 spiro atoms. The highest BCUT2D eigenvalue weighted by Gasteiger charge is 2.39. The van der Waals surface area contributed by atoms with Crippen LogP contribution in [0.4, 0.5) is 11.6 Å². The summed E-state index contributed by atoms with van der Waals surface area (Å²) in [5.74, 6) is 10.2. The minimum atomic E-state index is 0.387. The summed E-state index contributed by atoms with van der Waals surface area (Å²) in [6.45, 7) is 1.38. The number of nitrogen functional groups attached to an aromatic ring is 1. The van der Waals surface area contributed by atoms with Crippen molar-refractivity contribution in [3.63, 3.8) is 0 Å². The van der Waals surface area contributed by atoms with Crippen LogP contribution >= 0.6 is 0 Å². The Kier molecular flexibility index (Phi) is 4.03. The van der Waals surface area contributed by atoms with Crippen LogP contribution in [0.2, 0.25) is 0 Å². The third-order valence-corrected chi connectivity index (χ3v) is 4.62. The van der Waals surface area contributed by atoms with E-state index in [2.05, 4.69) is 20.7 Å². The zero-order valence-corrected chi connectivity index (χ0v) is 11.9. The smallest absolute Gasteiger partial charge is 0.158 e. The Labute approximate surface area is 119 Å². The number of ether oxygens (including phenoxy) is 1. The summed E-state index contributed by atoms with van der Waals surface area (Å²) in [5.41, 5.74) is 2.57. The molecule has 0 amide bonds. The molecule has 2 saturated carbocycles. The van der Waals surface area contributed by atoms with Gasteiger partial charge in [-0.25, -0.2) is 15.8 Å². The Morgan fingerprint density at radius 3 is 2.80 bits per heavy atom. The van der Waals surface area contributed by atoms with Crippen molar-refractivity contribution in [2.24, 2.45) is 23.6 Å². The standard InChI is InChI=1S/C14H23N5O/c1-20-8-14-17-12(6-13(18-14)19-15)16-7-11-5-9-2-3-10(11)4-9/h6,9-11H,2-5,7-8,15H2,1H3,(H2,16,17,18,19). The second-order valence-corrected chi connectivity index (χ2v) is 5.95. The predicted octanol–water partition coefficient (Wildman–Crippen LogP) is 1.76. The SMILES string of the molecule is COCc1nc(NN)cc(NCC2CC3CCC2C3)n1. The van der Waals surface area contributed by atoms with Crippen molar-refractivity contribution in [3.8, 4) is 0 Å². The average molecular weight is 277 g/mol. The van der Waals surface area contributed by atoms with Gasteiger partial charge in [0.15, 0.2) is 5.82 Å². The highest BCUT2D eigenvalue weighted by atomic mass is 16.5. The summed E-state index contributed by atoms with van der Waals surface area (Å²) >= 11 is 0. The normalized spacial score (nSPS) is 27.8. The van der Waals surface area contributed by atoms with Gasteiger partial charge in [-0.3, -0.25) is 0 Å². The third-order valence-electron chi connectivity index (χ3n) is 4.62. The van der Waals surface area contributed by atoms with Gasteiger partial charge in [0.25, 0.3) is 0 Å². The van der Waals surface area contributed by atoms with Crippen LogP contribution in [-0.4, -0.2) is 23.6 Å². The number of fused-ring (bicyclic) bond motifs is 2. The monoisotopic (exact) mass is 277 g/mol.